The van der Waals surface area contributed by atoms with Crippen LogP contribution in [0.2, 0.25) is 0 Å². The number of carbonyl (C=O) groups excluding carboxylic acids is 1. The molecule has 140 valence electrons. The van der Waals surface area contributed by atoms with Crippen LogP contribution in [0.5, 0.6) is 0 Å². The number of fused-ring (bicyclic) bond motifs is 1. The Balaban J connectivity index is 1.70. The van der Waals surface area contributed by atoms with E-state index in [9.17, 15) is 4.79 Å². The molecule has 0 aliphatic heterocycles. The Hall–Kier alpha value is -2.89. The van der Waals surface area contributed by atoms with Gasteiger partial charge in [-0.2, -0.15) is 4.98 Å². The Morgan fingerprint density at radius 3 is 2.56 bits per heavy atom. The lowest BCUT2D eigenvalue weighted by Crippen LogP contribution is -2.40. The average Bonchev–Trinajstić information content (AvgIpc) is 3.17. The SMILES string of the molecule is Cc1nc(NC2(C)CC2)c2c(C(=O)NC(C)(C)c3ccccc3)coc2n1. The first-order valence-corrected chi connectivity index (χ1v) is 9.19. The maximum Gasteiger partial charge on any atom is 0.256 e. The number of amides is 1. The van der Waals surface area contributed by atoms with E-state index in [1.54, 1.807) is 0 Å². The number of hydrogen-bond acceptors (Lipinski definition) is 5. The highest BCUT2D eigenvalue weighted by Gasteiger charge is 2.38. The highest BCUT2D eigenvalue weighted by Crippen LogP contribution is 2.40. The molecule has 6 nitrogen and oxygen atoms in total. The summed E-state index contributed by atoms with van der Waals surface area (Å²) in [5, 5.41) is 7.20. The number of aromatic nitrogens is 2. The monoisotopic (exact) mass is 364 g/mol. The van der Waals surface area contributed by atoms with Crippen LogP contribution in [-0.2, 0) is 5.54 Å². The standard InChI is InChI=1S/C21H24N4O2/c1-13-22-17(24-21(4)10-11-21)16-15(12-27-19(16)23-13)18(26)25-20(2,3)14-8-6-5-7-9-14/h5-9,12H,10-11H2,1-4H3,(H,25,26)(H,22,23,24). The van der Waals surface area contributed by atoms with Gasteiger partial charge in [0.15, 0.2) is 0 Å². The molecule has 6 heteroatoms. The minimum absolute atomic E-state index is 0.0298. The number of aryl methyl sites for hydroxylation is 1. The number of carbonyl (C=O) groups is 1. The quantitative estimate of drug-likeness (QED) is 0.710. The molecule has 1 aliphatic carbocycles. The Kier molecular flexibility index (Phi) is 3.94. The average molecular weight is 364 g/mol. The maximum absolute atomic E-state index is 13.1. The summed E-state index contributed by atoms with van der Waals surface area (Å²) in [4.78, 5) is 22.0. The molecule has 1 aromatic carbocycles. The van der Waals surface area contributed by atoms with Crippen LogP contribution in [0.4, 0.5) is 5.82 Å². The van der Waals surface area contributed by atoms with E-state index in [1.165, 1.54) is 6.26 Å². The molecule has 0 saturated heterocycles. The number of rotatable bonds is 5. The molecule has 0 atom stereocenters. The molecular formula is C21H24N4O2. The van der Waals surface area contributed by atoms with Crippen LogP contribution in [0.1, 0.15) is 55.4 Å². The molecule has 1 saturated carbocycles. The minimum Gasteiger partial charge on any atom is -0.445 e. The highest BCUT2D eigenvalue weighted by molar-refractivity contribution is 6.09. The fourth-order valence-corrected chi connectivity index (χ4v) is 3.18. The lowest BCUT2D eigenvalue weighted by Gasteiger charge is -2.26. The number of furan rings is 1. The molecule has 3 aromatic rings. The maximum atomic E-state index is 13.1. The van der Waals surface area contributed by atoms with Crippen LogP contribution < -0.4 is 10.6 Å². The largest absolute Gasteiger partial charge is 0.445 e. The lowest BCUT2D eigenvalue weighted by atomic mass is 9.94. The summed E-state index contributed by atoms with van der Waals surface area (Å²) in [6.07, 6.45) is 3.63. The van der Waals surface area contributed by atoms with Gasteiger partial charge in [0.2, 0.25) is 5.71 Å². The van der Waals surface area contributed by atoms with Gasteiger partial charge in [-0.05, 0) is 46.1 Å². The van der Waals surface area contributed by atoms with E-state index in [1.807, 2.05) is 51.1 Å². The fourth-order valence-electron chi connectivity index (χ4n) is 3.18. The normalized spacial score (nSPS) is 15.6. The van der Waals surface area contributed by atoms with Crippen molar-refractivity contribution in [2.45, 2.75) is 51.6 Å². The van der Waals surface area contributed by atoms with Crippen molar-refractivity contribution < 1.29 is 9.21 Å². The van der Waals surface area contributed by atoms with E-state index in [-0.39, 0.29) is 11.4 Å². The predicted molar refractivity (Wildman–Crippen MR) is 105 cm³/mol. The van der Waals surface area contributed by atoms with Crippen molar-refractivity contribution in [1.82, 2.24) is 15.3 Å². The second-order valence-electron chi connectivity index (χ2n) is 8.08. The van der Waals surface area contributed by atoms with E-state index in [0.717, 1.165) is 18.4 Å². The third-order valence-electron chi connectivity index (χ3n) is 5.13. The summed E-state index contributed by atoms with van der Waals surface area (Å²) in [6, 6.07) is 9.89. The molecule has 27 heavy (non-hydrogen) atoms. The van der Waals surface area contributed by atoms with Gasteiger partial charge in [0.05, 0.1) is 16.5 Å². The second-order valence-corrected chi connectivity index (χ2v) is 8.08. The third kappa shape index (κ3) is 3.39. The number of hydrogen-bond donors (Lipinski definition) is 2. The van der Waals surface area contributed by atoms with Crippen LogP contribution in [0, 0.1) is 6.92 Å². The topological polar surface area (TPSA) is 80.0 Å². The predicted octanol–water partition coefficient (Wildman–Crippen LogP) is 4.16. The molecule has 0 unspecified atom stereocenters. The van der Waals surface area contributed by atoms with Crippen LogP contribution in [0.25, 0.3) is 11.1 Å². The number of anilines is 1. The zero-order valence-corrected chi connectivity index (χ0v) is 16.1. The number of nitrogens with one attached hydrogen (secondary N) is 2. The van der Waals surface area contributed by atoms with Gasteiger partial charge >= 0.3 is 0 Å². The van der Waals surface area contributed by atoms with Gasteiger partial charge in [0.25, 0.3) is 5.91 Å². The summed E-state index contributed by atoms with van der Waals surface area (Å²) >= 11 is 0. The molecule has 1 amide bonds. The van der Waals surface area contributed by atoms with Crippen molar-refractivity contribution in [3.8, 4) is 0 Å². The van der Waals surface area contributed by atoms with Crippen LogP contribution in [0.15, 0.2) is 41.0 Å². The van der Waals surface area contributed by atoms with Crippen molar-refractivity contribution in [3.63, 3.8) is 0 Å². The first kappa shape index (κ1) is 17.5. The summed E-state index contributed by atoms with van der Waals surface area (Å²) in [5.41, 5.74) is 1.41. The van der Waals surface area contributed by atoms with Gasteiger partial charge in [-0.1, -0.05) is 30.3 Å². The molecule has 0 spiro atoms. The van der Waals surface area contributed by atoms with Gasteiger partial charge in [-0.25, -0.2) is 4.98 Å². The molecule has 0 radical (unpaired) electrons. The summed E-state index contributed by atoms with van der Waals surface area (Å²) in [5.74, 6) is 1.06. The Bertz CT molecular complexity index is 1000. The minimum atomic E-state index is -0.524. The molecule has 4 rings (SSSR count). The Morgan fingerprint density at radius 2 is 1.89 bits per heavy atom. The van der Waals surface area contributed by atoms with E-state index >= 15 is 0 Å². The highest BCUT2D eigenvalue weighted by atomic mass is 16.3. The van der Waals surface area contributed by atoms with Crippen LogP contribution >= 0.6 is 0 Å². The Morgan fingerprint density at radius 1 is 1.19 bits per heavy atom. The fraction of sp³-hybridized carbons (Fsp3) is 0.381. The van der Waals surface area contributed by atoms with Gasteiger partial charge in [0, 0.05) is 5.54 Å². The van der Waals surface area contributed by atoms with Crippen LogP contribution in [0.3, 0.4) is 0 Å². The van der Waals surface area contributed by atoms with E-state index < -0.39 is 5.54 Å². The van der Waals surface area contributed by atoms with Gasteiger partial charge in [0.1, 0.15) is 17.9 Å². The zero-order valence-electron chi connectivity index (χ0n) is 16.1. The number of benzene rings is 1. The number of nitrogens with zero attached hydrogens (tertiary/aromatic N) is 2. The molecule has 2 heterocycles. The molecule has 1 aliphatic rings. The molecule has 2 aromatic heterocycles. The third-order valence-corrected chi connectivity index (χ3v) is 5.13. The van der Waals surface area contributed by atoms with Crippen molar-refractivity contribution in [2.24, 2.45) is 0 Å². The van der Waals surface area contributed by atoms with E-state index in [0.29, 0.717) is 28.3 Å². The summed E-state index contributed by atoms with van der Waals surface area (Å²) in [7, 11) is 0. The zero-order chi connectivity index (χ0) is 19.2. The molecular weight excluding hydrogens is 340 g/mol. The molecule has 2 N–H and O–H groups in total. The van der Waals surface area contributed by atoms with Gasteiger partial charge in [-0.3, -0.25) is 4.79 Å². The van der Waals surface area contributed by atoms with Crippen LogP contribution in [-0.4, -0.2) is 21.4 Å². The summed E-state index contributed by atoms with van der Waals surface area (Å²) < 4.78 is 5.59. The van der Waals surface area contributed by atoms with Gasteiger partial charge < -0.3 is 15.1 Å². The smallest absolute Gasteiger partial charge is 0.256 e. The van der Waals surface area contributed by atoms with Crippen molar-refractivity contribution >= 4 is 22.8 Å². The van der Waals surface area contributed by atoms with Crippen molar-refractivity contribution in [2.75, 3.05) is 5.32 Å². The summed E-state index contributed by atoms with van der Waals surface area (Å²) in [6.45, 7) is 7.93. The van der Waals surface area contributed by atoms with Crippen molar-refractivity contribution in [1.29, 1.82) is 0 Å². The van der Waals surface area contributed by atoms with Gasteiger partial charge in [-0.15, -0.1) is 0 Å². The van der Waals surface area contributed by atoms with E-state index in [2.05, 4.69) is 27.5 Å². The lowest BCUT2D eigenvalue weighted by molar-refractivity contribution is 0.0913. The molecule has 0 bridgehead atoms. The Labute approximate surface area is 158 Å². The van der Waals surface area contributed by atoms with E-state index in [4.69, 9.17) is 4.42 Å². The van der Waals surface area contributed by atoms with Crippen molar-refractivity contribution in [3.05, 3.63) is 53.5 Å². The first-order chi connectivity index (χ1) is 12.8. The molecule has 1 fully saturated rings. The first-order valence-electron chi connectivity index (χ1n) is 9.19. The second kappa shape index (κ2) is 6.08.